The van der Waals surface area contributed by atoms with Gasteiger partial charge in [0.15, 0.2) is 0 Å². The Labute approximate surface area is 89.1 Å². The van der Waals surface area contributed by atoms with Gasteiger partial charge in [-0.1, -0.05) is 18.3 Å². The van der Waals surface area contributed by atoms with E-state index in [2.05, 4.69) is 28.8 Å². The highest BCUT2D eigenvalue weighted by Crippen LogP contribution is 2.31. The summed E-state index contributed by atoms with van der Waals surface area (Å²) in [6, 6.07) is 0.673. The molecule has 0 saturated heterocycles. The van der Waals surface area contributed by atoms with E-state index < -0.39 is 0 Å². The maximum Gasteiger partial charge on any atom is 0.0893 e. The van der Waals surface area contributed by atoms with E-state index in [0.717, 1.165) is 24.1 Å². The Hall–Kier alpha value is -0.480. The molecule has 3 unspecified atom stereocenters. The molecule has 1 aliphatic carbocycles. The third-order valence-corrected chi connectivity index (χ3v) is 3.97. The second-order valence-electron chi connectivity index (χ2n) is 4.30. The molecule has 2 rings (SSSR count). The molecular formula is C10H17N3S. The summed E-state index contributed by atoms with van der Waals surface area (Å²) in [5, 5.41) is 9.61. The van der Waals surface area contributed by atoms with Crippen LogP contribution in [-0.4, -0.2) is 15.6 Å². The van der Waals surface area contributed by atoms with Crippen molar-refractivity contribution in [1.82, 2.24) is 14.9 Å². The van der Waals surface area contributed by atoms with Crippen LogP contribution in [0.15, 0.2) is 5.38 Å². The van der Waals surface area contributed by atoms with E-state index in [4.69, 9.17) is 0 Å². The molecule has 0 bridgehead atoms. The predicted octanol–water partition coefficient (Wildman–Crippen LogP) is 2.06. The molecular weight excluding hydrogens is 194 g/mol. The van der Waals surface area contributed by atoms with Gasteiger partial charge in [0.1, 0.15) is 0 Å². The highest BCUT2D eigenvalue weighted by molar-refractivity contribution is 7.03. The van der Waals surface area contributed by atoms with Crippen LogP contribution in [0.2, 0.25) is 0 Å². The van der Waals surface area contributed by atoms with Gasteiger partial charge in [-0.05, 0) is 36.2 Å². The molecule has 0 aromatic carbocycles. The highest BCUT2D eigenvalue weighted by Gasteiger charge is 2.29. The Morgan fingerprint density at radius 3 is 2.93 bits per heavy atom. The third kappa shape index (κ3) is 2.12. The number of hydrogen-bond donors (Lipinski definition) is 1. The van der Waals surface area contributed by atoms with Crippen LogP contribution in [0.3, 0.4) is 0 Å². The first-order chi connectivity index (χ1) is 6.77. The molecule has 1 aromatic rings. The molecule has 3 atom stereocenters. The minimum Gasteiger partial charge on any atom is -0.308 e. The van der Waals surface area contributed by atoms with Crippen LogP contribution in [-0.2, 0) is 6.54 Å². The van der Waals surface area contributed by atoms with Crippen LogP contribution >= 0.6 is 11.5 Å². The van der Waals surface area contributed by atoms with E-state index in [-0.39, 0.29) is 0 Å². The lowest BCUT2D eigenvalue weighted by atomic mass is 9.98. The summed E-state index contributed by atoms with van der Waals surface area (Å²) in [4.78, 5) is 0. The molecule has 0 amide bonds. The van der Waals surface area contributed by atoms with E-state index >= 15 is 0 Å². The third-order valence-electron chi connectivity index (χ3n) is 3.42. The Balaban J connectivity index is 1.81. The van der Waals surface area contributed by atoms with Gasteiger partial charge in [0.2, 0.25) is 0 Å². The van der Waals surface area contributed by atoms with Crippen LogP contribution in [0, 0.1) is 11.8 Å². The molecule has 0 aliphatic heterocycles. The maximum atomic E-state index is 4.03. The predicted molar refractivity (Wildman–Crippen MR) is 58.1 cm³/mol. The summed E-state index contributed by atoms with van der Waals surface area (Å²) in [6.45, 7) is 5.56. The molecule has 0 radical (unpaired) electrons. The molecule has 1 N–H and O–H groups in total. The van der Waals surface area contributed by atoms with Crippen molar-refractivity contribution in [3.63, 3.8) is 0 Å². The summed E-state index contributed by atoms with van der Waals surface area (Å²) in [6.07, 6.45) is 2.66. The van der Waals surface area contributed by atoms with Gasteiger partial charge in [-0.25, -0.2) is 0 Å². The lowest BCUT2D eigenvalue weighted by molar-refractivity contribution is 0.368. The molecule has 4 heteroatoms. The SMILES string of the molecule is CC1CCC(NCc2csnn2)C1C. The fourth-order valence-electron chi connectivity index (χ4n) is 2.15. The summed E-state index contributed by atoms with van der Waals surface area (Å²) in [7, 11) is 0. The van der Waals surface area contributed by atoms with Crippen LogP contribution in [0.25, 0.3) is 0 Å². The van der Waals surface area contributed by atoms with Gasteiger partial charge in [-0.2, -0.15) is 0 Å². The molecule has 1 aromatic heterocycles. The highest BCUT2D eigenvalue weighted by atomic mass is 32.1. The molecule has 14 heavy (non-hydrogen) atoms. The average molecular weight is 211 g/mol. The van der Waals surface area contributed by atoms with E-state index in [9.17, 15) is 0 Å². The van der Waals surface area contributed by atoms with E-state index in [1.54, 1.807) is 0 Å². The summed E-state index contributed by atoms with van der Waals surface area (Å²) >= 11 is 1.42. The van der Waals surface area contributed by atoms with Crippen LogP contribution in [0.4, 0.5) is 0 Å². The molecule has 1 heterocycles. The molecule has 0 spiro atoms. The van der Waals surface area contributed by atoms with Crippen molar-refractivity contribution in [3.05, 3.63) is 11.1 Å². The van der Waals surface area contributed by atoms with E-state index in [1.807, 2.05) is 5.38 Å². The maximum absolute atomic E-state index is 4.03. The lowest BCUT2D eigenvalue weighted by Crippen LogP contribution is -2.31. The first-order valence-electron chi connectivity index (χ1n) is 5.26. The van der Waals surface area contributed by atoms with Crippen molar-refractivity contribution in [1.29, 1.82) is 0 Å². The van der Waals surface area contributed by atoms with Gasteiger partial charge in [0.25, 0.3) is 0 Å². The standard InChI is InChI=1S/C10H17N3S/c1-7-3-4-10(8(7)2)11-5-9-6-14-13-12-9/h6-8,10-11H,3-5H2,1-2H3. The summed E-state index contributed by atoms with van der Waals surface area (Å²) in [5.41, 5.74) is 1.07. The minimum absolute atomic E-state index is 0.673. The quantitative estimate of drug-likeness (QED) is 0.831. The smallest absolute Gasteiger partial charge is 0.0893 e. The average Bonchev–Trinajstić information content (AvgIpc) is 2.77. The zero-order valence-corrected chi connectivity index (χ0v) is 9.55. The minimum atomic E-state index is 0.673. The molecule has 3 nitrogen and oxygen atoms in total. The first-order valence-corrected chi connectivity index (χ1v) is 6.10. The van der Waals surface area contributed by atoms with Crippen LogP contribution < -0.4 is 5.32 Å². The van der Waals surface area contributed by atoms with Crippen molar-refractivity contribution in [3.8, 4) is 0 Å². The van der Waals surface area contributed by atoms with Crippen molar-refractivity contribution in [2.45, 2.75) is 39.3 Å². The Kier molecular flexibility index (Phi) is 3.13. The van der Waals surface area contributed by atoms with Crippen molar-refractivity contribution < 1.29 is 0 Å². The monoisotopic (exact) mass is 211 g/mol. The van der Waals surface area contributed by atoms with Gasteiger partial charge < -0.3 is 5.32 Å². The zero-order chi connectivity index (χ0) is 9.97. The first kappa shape index (κ1) is 10.1. The van der Waals surface area contributed by atoms with Crippen molar-refractivity contribution >= 4 is 11.5 Å². The normalized spacial score (nSPS) is 32.3. The molecule has 1 fully saturated rings. The Bertz CT molecular complexity index is 273. The second-order valence-corrected chi connectivity index (χ2v) is 4.91. The number of hydrogen-bond acceptors (Lipinski definition) is 4. The largest absolute Gasteiger partial charge is 0.308 e. The van der Waals surface area contributed by atoms with Gasteiger partial charge >= 0.3 is 0 Å². The van der Waals surface area contributed by atoms with Crippen LogP contribution in [0.5, 0.6) is 0 Å². The molecule has 1 aliphatic rings. The Morgan fingerprint density at radius 1 is 1.50 bits per heavy atom. The number of rotatable bonds is 3. The van der Waals surface area contributed by atoms with Gasteiger partial charge in [-0.15, -0.1) is 5.10 Å². The van der Waals surface area contributed by atoms with Gasteiger partial charge in [0, 0.05) is 18.0 Å². The number of nitrogens with zero attached hydrogens (tertiary/aromatic N) is 2. The second kappa shape index (κ2) is 4.36. The van der Waals surface area contributed by atoms with Crippen LogP contribution in [0.1, 0.15) is 32.4 Å². The molecule has 78 valence electrons. The topological polar surface area (TPSA) is 37.8 Å². The van der Waals surface area contributed by atoms with E-state index in [0.29, 0.717) is 6.04 Å². The number of aromatic nitrogens is 2. The van der Waals surface area contributed by atoms with Gasteiger partial charge in [-0.3, -0.25) is 0 Å². The zero-order valence-electron chi connectivity index (χ0n) is 8.73. The summed E-state index contributed by atoms with van der Waals surface area (Å²) in [5.74, 6) is 1.66. The van der Waals surface area contributed by atoms with E-state index in [1.165, 1.54) is 24.4 Å². The lowest BCUT2D eigenvalue weighted by Gasteiger charge is -2.18. The van der Waals surface area contributed by atoms with Gasteiger partial charge in [0.05, 0.1) is 5.69 Å². The Morgan fingerprint density at radius 2 is 2.36 bits per heavy atom. The fraction of sp³-hybridized carbons (Fsp3) is 0.800. The number of nitrogens with one attached hydrogen (secondary N) is 1. The molecule has 1 saturated carbocycles. The fourth-order valence-corrected chi connectivity index (χ4v) is 2.60. The summed E-state index contributed by atoms with van der Waals surface area (Å²) < 4.78 is 3.85. The van der Waals surface area contributed by atoms with Crippen molar-refractivity contribution in [2.75, 3.05) is 0 Å². The van der Waals surface area contributed by atoms with Crippen molar-refractivity contribution in [2.24, 2.45) is 11.8 Å².